The lowest BCUT2D eigenvalue weighted by Gasteiger charge is -2.26. The number of carboxylic acid groups (broad SMARTS) is 1. The van der Waals surface area contributed by atoms with Crippen LogP contribution in [0, 0.1) is 12.3 Å². The van der Waals surface area contributed by atoms with E-state index in [-0.39, 0.29) is 11.4 Å². The van der Waals surface area contributed by atoms with Gasteiger partial charge in [0.1, 0.15) is 6.04 Å². The van der Waals surface area contributed by atoms with Gasteiger partial charge in [-0.25, -0.2) is 9.59 Å². The highest BCUT2D eigenvalue weighted by Gasteiger charge is 2.40. The van der Waals surface area contributed by atoms with Crippen LogP contribution in [0.15, 0.2) is 0 Å². The van der Waals surface area contributed by atoms with Gasteiger partial charge in [-0.1, -0.05) is 6.92 Å². The van der Waals surface area contributed by atoms with Crippen LogP contribution in [0.3, 0.4) is 0 Å². The molecule has 0 aromatic carbocycles. The third kappa shape index (κ3) is 3.30. The van der Waals surface area contributed by atoms with Crippen LogP contribution >= 0.6 is 11.8 Å². The van der Waals surface area contributed by atoms with E-state index in [1.54, 1.807) is 0 Å². The number of carboxylic acids is 1. The number of carbonyl (C=O) groups is 2. The van der Waals surface area contributed by atoms with Crippen LogP contribution in [0.2, 0.25) is 0 Å². The number of nitrogens with one attached hydrogen (secondary N) is 1. The van der Waals surface area contributed by atoms with Crippen molar-refractivity contribution in [2.75, 3.05) is 12.3 Å². The van der Waals surface area contributed by atoms with Crippen molar-refractivity contribution in [1.29, 1.82) is 0 Å². The van der Waals surface area contributed by atoms with E-state index in [9.17, 15) is 9.59 Å². The molecule has 1 rings (SSSR count). The monoisotopic (exact) mass is 256 g/mol. The summed E-state index contributed by atoms with van der Waals surface area (Å²) in [6, 6.07) is -1.08. The lowest BCUT2D eigenvalue weighted by molar-refractivity contribution is -0.141. The Morgan fingerprint density at radius 3 is 2.88 bits per heavy atom. The first-order valence-electron chi connectivity index (χ1n) is 5.45. The molecule has 1 aliphatic rings. The minimum Gasteiger partial charge on any atom is -0.480 e. The van der Waals surface area contributed by atoms with E-state index in [0.717, 1.165) is 6.42 Å². The molecule has 1 fully saturated rings. The molecule has 2 atom stereocenters. The zero-order valence-electron chi connectivity index (χ0n) is 9.68. The molecule has 0 bridgehead atoms. The van der Waals surface area contributed by atoms with Gasteiger partial charge in [0.05, 0.1) is 5.37 Å². The molecule has 5 nitrogen and oxygen atoms in total. The number of hydrogen-bond acceptors (Lipinski definition) is 3. The fraction of sp³-hybridized carbons (Fsp3) is 0.636. The Morgan fingerprint density at radius 2 is 2.35 bits per heavy atom. The topological polar surface area (TPSA) is 69.6 Å². The first-order valence-corrected chi connectivity index (χ1v) is 6.50. The molecule has 0 spiro atoms. The molecule has 1 saturated heterocycles. The number of aliphatic carboxylic acids is 1. The van der Waals surface area contributed by atoms with Gasteiger partial charge in [-0.05, 0) is 6.42 Å². The van der Waals surface area contributed by atoms with Gasteiger partial charge in [0.15, 0.2) is 0 Å². The number of rotatable bonds is 4. The van der Waals surface area contributed by atoms with Crippen molar-refractivity contribution in [3.05, 3.63) is 0 Å². The highest BCUT2D eigenvalue weighted by Crippen LogP contribution is 2.31. The largest absolute Gasteiger partial charge is 0.480 e. The van der Waals surface area contributed by atoms with Crippen LogP contribution < -0.4 is 5.32 Å². The molecule has 1 heterocycles. The molecular weight excluding hydrogens is 240 g/mol. The van der Waals surface area contributed by atoms with Crippen LogP contribution in [0.4, 0.5) is 4.79 Å². The molecule has 0 saturated carbocycles. The van der Waals surface area contributed by atoms with Crippen molar-refractivity contribution in [2.45, 2.75) is 31.2 Å². The lowest BCUT2D eigenvalue weighted by Crippen LogP contribution is -2.50. The highest BCUT2D eigenvalue weighted by atomic mass is 32.2. The minimum absolute atomic E-state index is 0.0677. The van der Waals surface area contributed by atoms with E-state index in [0.29, 0.717) is 18.7 Å². The van der Waals surface area contributed by atoms with Crippen molar-refractivity contribution in [3.63, 3.8) is 0 Å². The molecule has 2 N–H and O–H groups in total. The third-order valence-corrected chi connectivity index (χ3v) is 3.96. The van der Waals surface area contributed by atoms with Gasteiger partial charge >= 0.3 is 12.0 Å². The van der Waals surface area contributed by atoms with Gasteiger partial charge in [0.25, 0.3) is 0 Å². The van der Waals surface area contributed by atoms with E-state index in [2.05, 4.69) is 11.2 Å². The molecule has 0 aliphatic carbocycles. The van der Waals surface area contributed by atoms with Crippen molar-refractivity contribution in [1.82, 2.24) is 10.2 Å². The molecular formula is C11H16N2O3S. The second-order valence-electron chi connectivity index (χ2n) is 3.64. The smallest absolute Gasteiger partial charge is 0.327 e. The number of terminal acetylenes is 1. The van der Waals surface area contributed by atoms with Gasteiger partial charge in [-0.15, -0.1) is 24.1 Å². The predicted molar refractivity (Wildman–Crippen MR) is 66.6 cm³/mol. The first-order chi connectivity index (χ1) is 8.11. The Kier molecular flexibility index (Phi) is 5.16. The van der Waals surface area contributed by atoms with E-state index in [4.69, 9.17) is 11.5 Å². The summed E-state index contributed by atoms with van der Waals surface area (Å²) in [6.45, 7) is 2.31. The highest BCUT2D eigenvalue weighted by molar-refractivity contribution is 8.00. The fourth-order valence-corrected chi connectivity index (χ4v) is 3.02. The Bertz CT molecular complexity index is 340. The first kappa shape index (κ1) is 13.7. The van der Waals surface area contributed by atoms with Crippen LogP contribution in [0.1, 0.15) is 19.8 Å². The molecule has 1 aliphatic heterocycles. The lowest BCUT2D eigenvalue weighted by atomic mass is 10.3. The van der Waals surface area contributed by atoms with Gasteiger partial charge in [0.2, 0.25) is 0 Å². The Hall–Kier alpha value is -1.35. The van der Waals surface area contributed by atoms with Gasteiger partial charge in [-0.3, -0.25) is 4.90 Å². The van der Waals surface area contributed by atoms with E-state index >= 15 is 0 Å². The summed E-state index contributed by atoms with van der Waals surface area (Å²) in [5.41, 5.74) is 0. The zero-order valence-corrected chi connectivity index (χ0v) is 10.5. The molecule has 2 unspecified atom stereocenters. The van der Waals surface area contributed by atoms with Crippen molar-refractivity contribution >= 4 is 23.8 Å². The van der Waals surface area contributed by atoms with Gasteiger partial charge in [-0.2, -0.15) is 0 Å². The maximum absolute atomic E-state index is 11.9. The Balaban J connectivity index is 2.65. The average molecular weight is 256 g/mol. The van der Waals surface area contributed by atoms with E-state index in [1.165, 1.54) is 16.7 Å². The number of hydrogen-bond donors (Lipinski definition) is 2. The second-order valence-corrected chi connectivity index (χ2v) is 4.85. The standard InChI is InChI=1S/C11H16N2O3S/c1-3-5-6-12-11(16)13-8(10(14)15)7-17-9(13)4-2/h1,8-9H,4-7H2,2H3,(H,12,16)(H,14,15). The van der Waals surface area contributed by atoms with Crippen molar-refractivity contribution < 1.29 is 14.7 Å². The molecule has 6 heteroatoms. The molecule has 2 amide bonds. The summed E-state index contributed by atoms with van der Waals surface area (Å²) in [4.78, 5) is 24.3. The maximum Gasteiger partial charge on any atom is 0.327 e. The Morgan fingerprint density at radius 1 is 1.65 bits per heavy atom. The number of amides is 2. The summed E-state index contributed by atoms with van der Waals surface area (Å²) < 4.78 is 0. The van der Waals surface area contributed by atoms with Crippen LogP contribution in [0.5, 0.6) is 0 Å². The van der Waals surface area contributed by atoms with Crippen LogP contribution in [-0.4, -0.2) is 45.7 Å². The number of urea groups is 1. The summed E-state index contributed by atoms with van der Waals surface area (Å²) >= 11 is 1.50. The van der Waals surface area contributed by atoms with Gasteiger partial charge in [0, 0.05) is 18.7 Å². The normalized spacial score (nSPS) is 23.2. The molecule has 0 aromatic rings. The number of nitrogens with zero attached hydrogens (tertiary/aromatic N) is 1. The summed E-state index contributed by atoms with van der Waals surface area (Å²) in [6.07, 6.45) is 6.26. The summed E-state index contributed by atoms with van der Waals surface area (Å²) in [5, 5.41) is 11.6. The number of thioether (sulfide) groups is 1. The molecule has 94 valence electrons. The Labute approximate surface area is 105 Å². The molecule has 17 heavy (non-hydrogen) atoms. The molecule has 0 aromatic heterocycles. The maximum atomic E-state index is 11.9. The number of carbonyl (C=O) groups excluding carboxylic acids is 1. The van der Waals surface area contributed by atoms with E-state index in [1.807, 2.05) is 6.92 Å². The van der Waals surface area contributed by atoms with Crippen LogP contribution in [-0.2, 0) is 4.79 Å². The fourth-order valence-electron chi connectivity index (χ4n) is 1.67. The van der Waals surface area contributed by atoms with Crippen LogP contribution in [0.25, 0.3) is 0 Å². The summed E-state index contributed by atoms with van der Waals surface area (Å²) in [5.74, 6) is 1.90. The SMILES string of the molecule is C#CCCNC(=O)N1C(CC)SCC1C(=O)O. The van der Waals surface area contributed by atoms with Gasteiger partial charge < -0.3 is 10.4 Å². The third-order valence-electron chi connectivity index (χ3n) is 2.51. The second kappa shape index (κ2) is 6.40. The zero-order chi connectivity index (χ0) is 12.8. The minimum atomic E-state index is -0.958. The predicted octanol–water partition coefficient (Wildman–Crippen LogP) is 0.957. The molecule has 0 radical (unpaired) electrons. The van der Waals surface area contributed by atoms with E-state index < -0.39 is 12.0 Å². The van der Waals surface area contributed by atoms with Crippen molar-refractivity contribution in [3.8, 4) is 12.3 Å². The average Bonchev–Trinajstić information content (AvgIpc) is 2.72. The summed E-state index contributed by atoms with van der Waals surface area (Å²) in [7, 11) is 0. The quantitative estimate of drug-likeness (QED) is 0.580. The van der Waals surface area contributed by atoms with Crippen molar-refractivity contribution in [2.24, 2.45) is 0 Å².